The first-order chi connectivity index (χ1) is 11.5. The summed E-state index contributed by atoms with van der Waals surface area (Å²) in [7, 11) is 0. The van der Waals surface area contributed by atoms with E-state index in [4.69, 9.17) is 11.6 Å². The highest BCUT2D eigenvalue weighted by molar-refractivity contribution is 7.14. The van der Waals surface area contributed by atoms with Crippen LogP contribution in [0, 0.1) is 10.1 Å². The number of rotatable bonds is 5. The number of thiazole rings is 1. The Kier molecular flexibility index (Phi) is 4.54. The summed E-state index contributed by atoms with van der Waals surface area (Å²) in [5, 5.41) is 19.7. The van der Waals surface area contributed by atoms with Crippen LogP contribution in [0.15, 0.2) is 41.9 Å². The first-order valence-electron chi connectivity index (χ1n) is 6.71. The van der Waals surface area contributed by atoms with Crippen LogP contribution in [0.25, 0.3) is 11.3 Å². The minimum Gasteiger partial charge on any atom is -0.358 e. The molecule has 0 saturated heterocycles. The van der Waals surface area contributed by atoms with Crippen LogP contribution in [0.2, 0.25) is 5.02 Å². The molecule has 0 unspecified atom stereocenters. The Bertz CT molecular complexity index is 907. The zero-order chi connectivity index (χ0) is 17.1. The molecule has 3 rings (SSSR count). The number of nitrogens with zero attached hydrogens (tertiary/aromatic N) is 4. The van der Waals surface area contributed by atoms with Crippen molar-refractivity contribution in [3.05, 3.63) is 57.0 Å². The number of nitrogens with one attached hydrogen (secondary N) is 1. The van der Waals surface area contributed by atoms with Gasteiger partial charge in [0.05, 0.1) is 23.1 Å². The van der Waals surface area contributed by atoms with Gasteiger partial charge in [0.1, 0.15) is 6.54 Å². The third-order valence-corrected chi connectivity index (χ3v) is 4.11. The zero-order valence-corrected chi connectivity index (χ0v) is 13.6. The summed E-state index contributed by atoms with van der Waals surface area (Å²) in [5.41, 5.74) is 1.44. The van der Waals surface area contributed by atoms with Gasteiger partial charge in [-0.1, -0.05) is 29.8 Å². The van der Waals surface area contributed by atoms with Gasteiger partial charge in [-0.05, 0) is 11.0 Å². The van der Waals surface area contributed by atoms with Crippen molar-refractivity contribution in [3.63, 3.8) is 0 Å². The number of amides is 1. The third kappa shape index (κ3) is 3.58. The number of benzene rings is 1. The minimum atomic E-state index is -0.620. The van der Waals surface area contributed by atoms with E-state index in [1.165, 1.54) is 28.3 Å². The summed E-state index contributed by atoms with van der Waals surface area (Å²) in [6.07, 6.45) is 1.37. The van der Waals surface area contributed by atoms with Gasteiger partial charge >= 0.3 is 5.82 Å². The van der Waals surface area contributed by atoms with Gasteiger partial charge in [-0.3, -0.25) is 4.79 Å². The molecule has 0 aliphatic rings. The van der Waals surface area contributed by atoms with Crippen molar-refractivity contribution in [3.8, 4) is 11.3 Å². The maximum atomic E-state index is 12.0. The Balaban J connectivity index is 1.67. The lowest BCUT2D eigenvalue weighted by Gasteiger charge is -2.00. The fourth-order valence-corrected chi connectivity index (χ4v) is 2.93. The summed E-state index contributed by atoms with van der Waals surface area (Å²) in [6, 6.07) is 8.50. The SMILES string of the molecule is O=C(Cn1ccc([N+](=O)[O-])n1)Nc1nc(-c2ccccc2Cl)cs1. The maximum Gasteiger partial charge on any atom is 0.389 e. The van der Waals surface area contributed by atoms with Gasteiger partial charge in [0.2, 0.25) is 5.91 Å². The van der Waals surface area contributed by atoms with E-state index in [9.17, 15) is 14.9 Å². The van der Waals surface area contributed by atoms with Crippen LogP contribution in [-0.4, -0.2) is 25.6 Å². The Morgan fingerprint density at radius 2 is 2.17 bits per heavy atom. The molecule has 122 valence electrons. The number of carbonyl (C=O) groups excluding carboxylic acids is 1. The molecular weight excluding hydrogens is 354 g/mol. The largest absolute Gasteiger partial charge is 0.389 e. The summed E-state index contributed by atoms with van der Waals surface area (Å²) in [4.78, 5) is 26.2. The standard InChI is InChI=1S/C14H10ClN5O3S/c15-10-4-2-1-3-9(10)11-8-24-14(16-11)17-13(21)7-19-6-5-12(18-19)20(22)23/h1-6,8H,7H2,(H,16,17,21). The molecule has 8 nitrogen and oxygen atoms in total. The molecule has 0 fully saturated rings. The molecule has 0 radical (unpaired) electrons. The second kappa shape index (κ2) is 6.77. The number of anilines is 1. The van der Waals surface area contributed by atoms with Crippen LogP contribution in [0.5, 0.6) is 0 Å². The number of halogens is 1. The average Bonchev–Trinajstić information content (AvgIpc) is 3.17. The summed E-state index contributed by atoms with van der Waals surface area (Å²) >= 11 is 7.38. The lowest BCUT2D eigenvalue weighted by Crippen LogP contribution is -2.19. The van der Waals surface area contributed by atoms with Crippen molar-refractivity contribution >= 4 is 39.8 Å². The van der Waals surface area contributed by atoms with Gasteiger partial charge in [0.15, 0.2) is 5.13 Å². The van der Waals surface area contributed by atoms with E-state index in [1.54, 1.807) is 11.4 Å². The van der Waals surface area contributed by atoms with Crippen molar-refractivity contribution in [2.75, 3.05) is 5.32 Å². The molecule has 24 heavy (non-hydrogen) atoms. The number of nitro groups is 1. The molecule has 1 amide bonds. The third-order valence-electron chi connectivity index (χ3n) is 3.02. The Morgan fingerprint density at radius 3 is 2.88 bits per heavy atom. The van der Waals surface area contributed by atoms with Crippen LogP contribution in [0.3, 0.4) is 0 Å². The van der Waals surface area contributed by atoms with Crippen molar-refractivity contribution in [1.82, 2.24) is 14.8 Å². The number of hydrogen-bond acceptors (Lipinski definition) is 6. The molecule has 0 aliphatic heterocycles. The highest BCUT2D eigenvalue weighted by Crippen LogP contribution is 2.30. The van der Waals surface area contributed by atoms with Crippen LogP contribution in [-0.2, 0) is 11.3 Å². The van der Waals surface area contributed by atoms with Gasteiger partial charge < -0.3 is 15.4 Å². The van der Waals surface area contributed by atoms with E-state index in [-0.39, 0.29) is 18.3 Å². The monoisotopic (exact) mass is 363 g/mol. The Hall–Kier alpha value is -2.78. The Morgan fingerprint density at radius 1 is 1.38 bits per heavy atom. The van der Waals surface area contributed by atoms with E-state index >= 15 is 0 Å². The number of hydrogen-bond donors (Lipinski definition) is 1. The van der Waals surface area contributed by atoms with Gasteiger partial charge in [0.25, 0.3) is 0 Å². The molecule has 3 aromatic rings. The number of carbonyl (C=O) groups is 1. The summed E-state index contributed by atoms with van der Waals surface area (Å²) in [5.74, 6) is -0.689. The van der Waals surface area contributed by atoms with Crippen molar-refractivity contribution < 1.29 is 9.72 Å². The topological polar surface area (TPSA) is 103 Å². The highest BCUT2D eigenvalue weighted by atomic mass is 35.5. The second-order valence-electron chi connectivity index (χ2n) is 4.69. The summed E-state index contributed by atoms with van der Waals surface area (Å²) in [6.45, 7) is -0.144. The molecule has 1 N–H and O–H groups in total. The molecule has 2 aromatic heterocycles. The maximum absolute atomic E-state index is 12.0. The lowest BCUT2D eigenvalue weighted by molar-refractivity contribution is -0.389. The molecular formula is C14H10ClN5O3S. The first-order valence-corrected chi connectivity index (χ1v) is 7.97. The van der Waals surface area contributed by atoms with E-state index in [0.29, 0.717) is 15.8 Å². The number of aromatic nitrogens is 3. The van der Waals surface area contributed by atoms with Crippen LogP contribution >= 0.6 is 22.9 Å². The molecule has 1 aromatic carbocycles. The fraction of sp³-hybridized carbons (Fsp3) is 0.0714. The van der Waals surface area contributed by atoms with Crippen molar-refractivity contribution in [2.45, 2.75) is 6.54 Å². The smallest absolute Gasteiger partial charge is 0.358 e. The first kappa shape index (κ1) is 16.1. The van der Waals surface area contributed by atoms with Gasteiger partial charge in [-0.25, -0.2) is 4.98 Å². The zero-order valence-electron chi connectivity index (χ0n) is 12.0. The lowest BCUT2D eigenvalue weighted by atomic mass is 10.2. The normalized spacial score (nSPS) is 10.5. The van der Waals surface area contributed by atoms with E-state index in [2.05, 4.69) is 15.4 Å². The molecule has 0 saturated carbocycles. The molecule has 2 heterocycles. The predicted molar refractivity (Wildman–Crippen MR) is 90.1 cm³/mol. The molecule has 10 heteroatoms. The van der Waals surface area contributed by atoms with E-state index in [1.807, 2.05) is 18.2 Å². The molecule has 0 bridgehead atoms. The molecule has 0 aliphatic carbocycles. The second-order valence-corrected chi connectivity index (χ2v) is 5.96. The molecule has 0 atom stereocenters. The summed E-state index contributed by atoms with van der Waals surface area (Å²) < 4.78 is 1.19. The van der Waals surface area contributed by atoms with Crippen molar-refractivity contribution in [2.24, 2.45) is 0 Å². The van der Waals surface area contributed by atoms with Crippen LogP contribution in [0.1, 0.15) is 0 Å². The highest BCUT2D eigenvalue weighted by Gasteiger charge is 2.15. The van der Waals surface area contributed by atoms with Gasteiger partial charge in [-0.15, -0.1) is 11.3 Å². The van der Waals surface area contributed by atoms with Gasteiger partial charge in [0, 0.05) is 16.0 Å². The quantitative estimate of drug-likeness (QED) is 0.553. The van der Waals surface area contributed by atoms with Crippen molar-refractivity contribution in [1.29, 1.82) is 0 Å². The van der Waals surface area contributed by atoms with E-state index < -0.39 is 4.92 Å². The Labute approximate surface area is 144 Å². The minimum absolute atomic E-state index is 0.144. The average molecular weight is 364 g/mol. The molecule has 0 spiro atoms. The fourth-order valence-electron chi connectivity index (χ4n) is 1.97. The van der Waals surface area contributed by atoms with Crippen LogP contribution < -0.4 is 5.32 Å². The van der Waals surface area contributed by atoms with E-state index in [0.717, 1.165) is 5.56 Å². The van der Waals surface area contributed by atoms with Gasteiger partial charge in [-0.2, -0.15) is 4.68 Å². The predicted octanol–water partition coefficient (Wildman–Crippen LogP) is 3.21. The van der Waals surface area contributed by atoms with Crippen LogP contribution in [0.4, 0.5) is 10.9 Å².